The first kappa shape index (κ1) is 20.2. The predicted octanol–water partition coefficient (Wildman–Crippen LogP) is -0.0402. The normalized spacial score (nSPS) is 10.2. The fourth-order valence-electron chi connectivity index (χ4n) is 3.04. The average Bonchev–Trinajstić information content (AvgIpc) is 2.63. The molecule has 0 fully saturated rings. The van der Waals surface area contributed by atoms with Crippen LogP contribution >= 0.6 is 0 Å². The average molecular weight is 355 g/mol. The van der Waals surface area contributed by atoms with Gasteiger partial charge in [0.2, 0.25) is 0 Å². The molecule has 2 aromatic carbocycles. The Labute approximate surface area is 174 Å². The zero-order valence-corrected chi connectivity index (χ0v) is 16.9. The van der Waals surface area contributed by atoms with Gasteiger partial charge in [-0.1, -0.05) is 67.6 Å². The molecule has 26 heavy (non-hydrogen) atoms. The summed E-state index contributed by atoms with van der Waals surface area (Å²) in [6.45, 7) is 2.61. The van der Waals surface area contributed by atoms with Crippen molar-refractivity contribution in [1.82, 2.24) is 4.57 Å². The number of benzene rings is 2. The van der Waals surface area contributed by atoms with Gasteiger partial charge in [0.25, 0.3) is 0 Å². The first-order valence-corrected chi connectivity index (χ1v) is 8.23. The number of hydrogen-bond donors (Lipinski definition) is 0. The molecule has 0 saturated heterocycles. The Hall–Kier alpha value is -2.14. The van der Waals surface area contributed by atoms with Crippen LogP contribution in [-0.2, 0) is 6.54 Å². The summed E-state index contributed by atoms with van der Waals surface area (Å²) in [6, 6.07) is 20.0. The van der Waals surface area contributed by atoms with E-state index in [1.54, 1.807) is 0 Å². The Balaban J connectivity index is 0.00000243. The van der Waals surface area contributed by atoms with E-state index >= 15 is 0 Å². The van der Waals surface area contributed by atoms with Gasteiger partial charge in [-0.25, -0.2) is 0 Å². The van der Waals surface area contributed by atoms with Crippen LogP contribution in [0.25, 0.3) is 22.5 Å². The van der Waals surface area contributed by atoms with E-state index in [0.29, 0.717) is 23.5 Å². The van der Waals surface area contributed by atoms with Crippen LogP contribution < -0.4 is 40.1 Å². The van der Waals surface area contributed by atoms with Gasteiger partial charge >= 0.3 is 29.6 Å². The molecular formula is C21H18NNaO3. The third kappa shape index (κ3) is 3.98. The van der Waals surface area contributed by atoms with Gasteiger partial charge in [-0.15, -0.1) is 0 Å². The van der Waals surface area contributed by atoms with Crippen LogP contribution in [0.2, 0.25) is 0 Å². The monoisotopic (exact) mass is 355 g/mol. The second-order valence-electron chi connectivity index (χ2n) is 5.79. The van der Waals surface area contributed by atoms with Crippen LogP contribution in [-0.4, -0.2) is 10.5 Å². The summed E-state index contributed by atoms with van der Waals surface area (Å²) in [5.74, 6) is -1.45. The van der Waals surface area contributed by atoms with Gasteiger partial charge < -0.3 is 14.5 Å². The number of rotatable bonds is 5. The number of pyridine rings is 1. The number of carbonyl (C=O) groups is 1. The number of aromatic nitrogens is 1. The topological polar surface area (TPSA) is 62.1 Å². The molecule has 3 rings (SSSR count). The van der Waals surface area contributed by atoms with Gasteiger partial charge in [0.1, 0.15) is 0 Å². The van der Waals surface area contributed by atoms with Gasteiger partial charge in [-0.2, -0.15) is 0 Å². The standard InChI is InChI=1S/C21H19NO3.Na/c1-2-13-22-17(15-9-5-3-6-10-15)14-18(23)19(21(24)25)20(22)16-11-7-4-8-12-16;/h3-12,14H,2,13H2,1H3,(H,24,25);/q;+1/p-1. The first-order chi connectivity index (χ1) is 12.1. The molecule has 0 unspecified atom stereocenters. The van der Waals surface area contributed by atoms with Crippen molar-refractivity contribution in [2.24, 2.45) is 0 Å². The summed E-state index contributed by atoms with van der Waals surface area (Å²) < 4.78 is 1.90. The smallest absolute Gasteiger partial charge is 0.545 e. The zero-order valence-electron chi connectivity index (χ0n) is 14.9. The van der Waals surface area contributed by atoms with Gasteiger partial charge in [0.05, 0.1) is 22.9 Å². The summed E-state index contributed by atoms with van der Waals surface area (Å²) in [6.07, 6.45) is 0.801. The zero-order chi connectivity index (χ0) is 17.8. The molecule has 0 aliphatic carbocycles. The SMILES string of the molecule is CCCn1c(-c2ccccc2)cc(=O)c(C(=O)[O-])c1-c1ccccc1.[Na+]. The number of carboxylic acid groups (broad SMARTS) is 1. The first-order valence-electron chi connectivity index (χ1n) is 8.23. The van der Waals surface area contributed by atoms with Crippen LogP contribution in [0.1, 0.15) is 23.7 Å². The van der Waals surface area contributed by atoms with Crippen LogP contribution in [0.5, 0.6) is 0 Å². The van der Waals surface area contributed by atoms with Crippen molar-refractivity contribution in [2.75, 3.05) is 0 Å². The fourth-order valence-corrected chi connectivity index (χ4v) is 3.04. The Morgan fingerprint density at radius 3 is 2.00 bits per heavy atom. The molecule has 0 atom stereocenters. The molecule has 0 amide bonds. The van der Waals surface area contributed by atoms with E-state index in [2.05, 4.69) is 0 Å². The fraction of sp³-hybridized carbons (Fsp3) is 0.143. The molecule has 3 aromatic rings. The molecule has 4 nitrogen and oxygen atoms in total. The van der Waals surface area contributed by atoms with E-state index in [1.165, 1.54) is 6.07 Å². The molecule has 0 spiro atoms. The molecule has 5 heteroatoms. The van der Waals surface area contributed by atoms with Crippen molar-refractivity contribution < 1.29 is 39.5 Å². The summed E-state index contributed by atoms with van der Waals surface area (Å²) in [5, 5.41) is 11.7. The number of nitrogens with zero attached hydrogens (tertiary/aromatic N) is 1. The third-order valence-electron chi connectivity index (χ3n) is 4.08. The largest absolute Gasteiger partial charge is 1.00 e. The van der Waals surface area contributed by atoms with Crippen LogP contribution in [0.4, 0.5) is 0 Å². The summed E-state index contributed by atoms with van der Waals surface area (Å²) in [7, 11) is 0. The van der Waals surface area contributed by atoms with Crippen molar-refractivity contribution in [3.8, 4) is 22.5 Å². The molecule has 1 heterocycles. The van der Waals surface area contributed by atoms with Gasteiger partial charge in [-0.3, -0.25) is 4.79 Å². The third-order valence-corrected chi connectivity index (χ3v) is 4.08. The minimum Gasteiger partial charge on any atom is -0.545 e. The van der Waals surface area contributed by atoms with E-state index in [0.717, 1.165) is 12.0 Å². The van der Waals surface area contributed by atoms with Crippen molar-refractivity contribution in [2.45, 2.75) is 19.9 Å². The molecule has 0 aliphatic rings. The van der Waals surface area contributed by atoms with Crippen LogP contribution in [0.3, 0.4) is 0 Å². The maximum atomic E-state index is 12.6. The summed E-state index contributed by atoms with van der Waals surface area (Å²) >= 11 is 0. The predicted molar refractivity (Wildman–Crippen MR) is 96.2 cm³/mol. The Bertz CT molecular complexity index is 950. The Morgan fingerprint density at radius 1 is 0.962 bits per heavy atom. The van der Waals surface area contributed by atoms with Crippen molar-refractivity contribution in [3.05, 3.63) is 82.5 Å². The second-order valence-corrected chi connectivity index (χ2v) is 5.79. The molecule has 0 bridgehead atoms. The summed E-state index contributed by atoms with van der Waals surface area (Å²) in [4.78, 5) is 24.3. The number of carbonyl (C=O) groups excluding carboxylic acids is 1. The van der Waals surface area contributed by atoms with Crippen molar-refractivity contribution >= 4 is 5.97 Å². The van der Waals surface area contributed by atoms with Gasteiger partial charge in [-0.05, 0) is 17.5 Å². The summed E-state index contributed by atoms with van der Waals surface area (Å²) in [5.41, 5.74) is 1.83. The number of aromatic carboxylic acids is 1. The van der Waals surface area contributed by atoms with E-state index < -0.39 is 11.4 Å². The maximum absolute atomic E-state index is 12.6. The molecule has 1 aromatic heterocycles. The van der Waals surface area contributed by atoms with E-state index in [1.807, 2.05) is 72.2 Å². The molecular weight excluding hydrogens is 337 g/mol. The van der Waals surface area contributed by atoms with Crippen molar-refractivity contribution in [3.63, 3.8) is 0 Å². The molecule has 0 N–H and O–H groups in total. The van der Waals surface area contributed by atoms with E-state index in [4.69, 9.17) is 0 Å². The van der Waals surface area contributed by atoms with Crippen LogP contribution in [0.15, 0.2) is 71.5 Å². The molecule has 0 aliphatic heterocycles. The van der Waals surface area contributed by atoms with Gasteiger partial charge in [0.15, 0.2) is 5.43 Å². The Kier molecular flexibility index (Phi) is 6.98. The van der Waals surface area contributed by atoms with Crippen molar-refractivity contribution in [1.29, 1.82) is 0 Å². The maximum Gasteiger partial charge on any atom is 1.00 e. The minimum absolute atomic E-state index is 0. The quantitative estimate of drug-likeness (QED) is 0.604. The molecule has 0 radical (unpaired) electrons. The van der Waals surface area contributed by atoms with E-state index in [-0.39, 0.29) is 35.1 Å². The minimum atomic E-state index is -1.45. The molecule has 126 valence electrons. The van der Waals surface area contributed by atoms with E-state index in [9.17, 15) is 14.7 Å². The molecule has 0 saturated carbocycles. The number of hydrogen-bond acceptors (Lipinski definition) is 3. The second kappa shape index (κ2) is 8.99. The van der Waals surface area contributed by atoms with Gasteiger partial charge in [0, 0.05) is 12.6 Å². The Morgan fingerprint density at radius 2 is 1.50 bits per heavy atom. The number of carboxylic acids is 1. The van der Waals surface area contributed by atoms with Crippen LogP contribution in [0, 0.1) is 0 Å².